The molecule has 4 heterocycles. The fraction of sp³-hybridized carbons (Fsp3) is 0.393. The summed E-state index contributed by atoms with van der Waals surface area (Å²) >= 11 is 6.44. The lowest BCUT2D eigenvalue weighted by Gasteiger charge is -2.26. The summed E-state index contributed by atoms with van der Waals surface area (Å²) < 4.78 is 24.6. The molecule has 10 heteroatoms. The number of ether oxygens (including phenoxy) is 3. The molecule has 0 spiro atoms. The van der Waals surface area contributed by atoms with E-state index in [0.717, 1.165) is 53.3 Å². The molecule has 0 bridgehead atoms. The monoisotopic (exact) mass is 536 g/mol. The summed E-state index contributed by atoms with van der Waals surface area (Å²) in [4.78, 5) is 20.1. The molecule has 0 aliphatic carbocycles. The summed E-state index contributed by atoms with van der Waals surface area (Å²) in [6.07, 6.45) is 5.23. The second-order valence-electron chi connectivity index (χ2n) is 9.73. The number of nitrogens with zero attached hydrogens (tertiary/aromatic N) is 4. The average Bonchev–Trinajstić information content (AvgIpc) is 3.72. The first-order chi connectivity index (χ1) is 18.5. The van der Waals surface area contributed by atoms with Crippen molar-refractivity contribution in [2.75, 3.05) is 25.7 Å². The van der Waals surface area contributed by atoms with E-state index in [9.17, 15) is 4.79 Å². The van der Waals surface area contributed by atoms with E-state index < -0.39 is 0 Å². The number of imidazole rings is 1. The van der Waals surface area contributed by atoms with Gasteiger partial charge in [-0.15, -0.1) is 0 Å². The van der Waals surface area contributed by atoms with Gasteiger partial charge >= 0.3 is 0 Å². The van der Waals surface area contributed by atoms with Crippen molar-refractivity contribution in [1.82, 2.24) is 14.7 Å². The summed E-state index contributed by atoms with van der Waals surface area (Å²) in [6.45, 7) is 3.32. The molecule has 0 N–H and O–H groups in total. The number of benzene rings is 2. The highest BCUT2D eigenvalue weighted by Gasteiger charge is 2.37. The number of carbonyl (C=O) groups excluding carboxylic acids is 1. The molecule has 1 unspecified atom stereocenters. The van der Waals surface area contributed by atoms with Gasteiger partial charge in [-0.05, 0) is 50.5 Å². The van der Waals surface area contributed by atoms with Crippen LogP contribution in [0.5, 0.6) is 11.5 Å². The Morgan fingerprint density at radius 1 is 1.13 bits per heavy atom. The lowest BCUT2D eigenvalue weighted by atomic mass is 10.1. The van der Waals surface area contributed by atoms with Crippen molar-refractivity contribution < 1.29 is 23.5 Å². The molecule has 6 rings (SSSR count). The first-order valence-corrected chi connectivity index (χ1v) is 13.1. The molecule has 2 aliphatic rings. The van der Waals surface area contributed by atoms with Crippen LogP contribution in [-0.2, 0) is 16.1 Å². The zero-order chi connectivity index (χ0) is 26.4. The highest BCUT2D eigenvalue weighted by molar-refractivity contribution is 6.32. The van der Waals surface area contributed by atoms with E-state index in [4.69, 9.17) is 35.3 Å². The van der Waals surface area contributed by atoms with Crippen LogP contribution in [0.25, 0.3) is 22.2 Å². The van der Waals surface area contributed by atoms with Crippen molar-refractivity contribution >= 4 is 34.2 Å². The van der Waals surface area contributed by atoms with Crippen LogP contribution in [0.1, 0.15) is 43.2 Å². The van der Waals surface area contributed by atoms with Gasteiger partial charge in [0.1, 0.15) is 17.3 Å². The van der Waals surface area contributed by atoms with E-state index in [2.05, 4.69) is 9.72 Å². The standard InChI is InChI=1S/C28H29ClN4O5/c1-16-19-12-20(25(36-3)13-26(19)38-31-16)22-15-32(14-18-5-4-10-37-18)28(30-22)23-7-9-27(34)33(23)17-6-8-24(35-2)21(29)11-17/h6,8,11-13,15,18,23H,4-5,7,9-10,14H2,1-3H3/t18?,23-/m0/s1. The van der Waals surface area contributed by atoms with Crippen LogP contribution in [0.2, 0.25) is 5.02 Å². The summed E-state index contributed by atoms with van der Waals surface area (Å²) in [5.41, 5.74) is 3.76. The van der Waals surface area contributed by atoms with Gasteiger partial charge in [0.25, 0.3) is 0 Å². The third-order valence-electron chi connectivity index (χ3n) is 7.40. The van der Waals surface area contributed by atoms with Crippen molar-refractivity contribution in [3.05, 3.63) is 53.1 Å². The molecule has 9 nitrogen and oxygen atoms in total. The number of anilines is 1. The number of rotatable bonds is 7. The van der Waals surface area contributed by atoms with Crippen molar-refractivity contribution in [3.8, 4) is 22.8 Å². The van der Waals surface area contributed by atoms with Gasteiger partial charge in [0.15, 0.2) is 5.58 Å². The number of aryl methyl sites for hydroxylation is 1. The molecule has 2 saturated heterocycles. The minimum Gasteiger partial charge on any atom is -0.496 e. The molecule has 2 fully saturated rings. The number of fused-ring (bicyclic) bond motifs is 1. The highest BCUT2D eigenvalue weighted by Crippen LogP contribution is 2.41. The van der Waals surface area contributed by atoms with Gasteiger partial charge in [0.05, 0.1) is 49.3 Å². The molecule has 2 aromatic carbocycles. The summed E-state index contributed by atoms with van der Waals surface area (Å²) in [5, 5.41) is 5.45. The largest absolute Gasteiger partial charge is 0.496 e. The van der Waals surface area contributed by atoms with Gasteiger partial charge in [-0.2, -0.15) is 0 Å². The number of aromatic nitrogens is 3. The third kappa shape index (κ3) is 4.29. The minimum absolute atomic E-state index is 0.0311. The molecule has 198 valence electrons. The average molecular weight is 537 g/mol. The predicted octanol–water partition coefficient (Wildman–Crippen LogP) is 5.72. The normalized spacial score (nSPS) is 19.6. The number of hydrogen-bond acceptors (Lipinski definition) is 7. The quantitative estimate of drug-likeness (QED) is 0.298. The van der Waals surface area contributed by atoms with Crippen LogP contribution in [-0.4, -0.2) is 47.5 Å². The molecule has 2 atom stereocenters. The van der Waals surface area contributed by atoms with Crippen molar-refractivity contribution in [3.63, 3.8) is 0 Å². The molecule has 0 radical (unpaired) electrons. The fourth-order valence-electron chi connectivity index (χ4n) is 5.49. The van der Waals surface area contributed by atoms with Crippen LogP contribution >= 0.6 is 11.6 Å². The number of hydrogen-bond donors (Lipinski definition) is 0. The van der Waals surface area contributed by atoms with E-state index in [1.54, 1.807) is 31.3 Å². The van der Waals surface area contributed by atoms with Gasteiger partial charge in [-0.1, -0.05) is 16.8 Å². The molecule has 4 aromatic rings. The van der Waals surface area contributed by atoms with E-state index in [-0.39, 0.29) is 18.1 Å². The summed E-state index contributed by atoms with van der Waals surface area (Å²) in [5.74, 6) is 2.04. The van der Waals surface area contributed by atoms with Crippen LogP contribution in [0.3, 0.4) is 0 Å². The number of methoxy groups -OCH3 is 2. The molecular weight excluding hydrogens is 508 g/mol. The molecule has 0 saturated carbocycles. The SMILES string of the molecule is COc1ccc(N2C(=O)CC[C@H]2c2nc(-c3cc4c(C)noc4cc3OC)cn2CC2CCCO2)cc1Cl. The Hall–Kier alpha value is -3.56. The van der Waals surface area contributed by atoms with Crippen molar-refractivity contribution in [2.45, 2.75) is 51.3 Å². The fourth-order valence-corrected chi connectivity index (χ4v) is 5.74. The molecule has 2 aliphatic heterocycles. The Labute approximate surface area is 225 Å². The molecular formula is C28H29ClN4O5. The van der Waals surface area contributed by atoms with Crippen molar-refractivity contribution in [1.29, 1.82) is 0 Å². The van der Waals surface area contributed by atoms with Gasteiger partial charge in [0, 0.05) is 41.9 Å². The summed E-state index contributed by atoms with van der Waals surface area (Å²) in [7, 11) is 3.20. The lowest BCUT2D eigenvalue weighted by Crippen LogP contribution is -2.30. The van der Waals surface area contributed by atoms with Crippen LogP contribution in [0.4, 0.5) is 5.69 Å². The van der Waals surface area contributed by atoms with Crippen LogP contribution in [0.15, 0.2) is 41.1 Å². The Balaban J connectivity index is 1.46. The smallest absolute Gasteiger partial charge is 0.227 e. The highest BCUT2D eigenvalue weighted by atomic mass is 35.5. The Morgan fingerprint density at radius 2 is 1.97 bits per heavy atom. The Bertz CT molecular complexity index is 1510. The van der Waals surface area contributed by atoms with Crippen molar-refractivity contribution in [2.24, 2.45) is 0 Å². The summed E-state index contributed by atoms with van der Waals surface area (Å²) in [6, 6.07) is 9.01. The van der Waals surface area contributed by atoms with E-state index in [1.807, 2.05) is 31.3 Å². The van der Waals surface area contributed by atoms with Gasteiger partial charge < -0.3 is 28.2 Å². The minimum atomic E-state index is -0.255. The number of halogens is 1. The molecule has 38 heavy (non-hydrogen) atoms. The number of carbonyl (C=O) groups is 1. The van der Waals surface area contributed by atoms with E-state index >= 15 is 0 Å². The van der Waals surface area contributed by atoms with Gasteiger partial charge in [-0.25, -0.2) is 4.98 Å². The Morgan fingerprint density at radius 3 is 2.71 bits per heavy atom. The maximum Gasteiger partial charge on any atom is 0.227 e. The maximum absolute atomic E-state index is 13.2. The molecule has 2 aromatic heterocycles. The second kappa shape index (κ2) is 9.96. The van der Waals surface area contributed by atoms with Gasteiger partial charge in [0.2, 0.25) is 5.91 Å². The maximum atomic E-state index is 13.2. The lowest BCUT2D eigenvalue weighted by molar-refractivity contribution is -0.117. The molecule has 1 amide bonds. The predicted molar refractivity (Wildman–Crippen MR) is 143 cm³/mol. The van der Waals surface area contributed by atoms with Crippen LogP contribution < -0.4 is 14.4 Å². The topological polar surface area (TPSA) is 91.9 Å². The van der Waals surface area contributed by atoms with Crippen LogP contribution in [0, 0.1) is 6.92 Å². The third-order valence-corrected chi connectivity index (χ3v) is 7.70. The van der Waals surface area contributed by atoms with E-state index in [0.29, 0.717) is 41.5 Å². The zero-order valence-corrected chi connectivity index (χ0v) is 22.3. The zero-order valence-electron chi connectivity index (χ0n) is 21.6. The Kier molecular flexibility index (Phi) is 6.49. The first-order valence-electron chi connectivity index (χ1n) is 12.8. The van der Waals surface area contributed by atoms with E-state index in [1.165, 1.54) is 0 Å². The van der Waals surface area contributed by atoms with Gasteiger partial charge in [-0.3, -0.25) is 4.79 Å². The number of amides is 1. The first kappa shape index (κ1) is 24.8. The second-order valence-corrected chi connectivity index (χ2v) is 10.1.